The first-order valence-corrected chi connectivity index (χ1v) is 7.31. The van der Waals surface area contributed by atoms with Gasteiger partial charge in [0.05, 0.1) is 6.10 Å². The Hall–Kier alpha value is -1.10. The summed E-state index contributed by atoms with van der Waals surface area (Å²) >= 11 is 0. The molecule has 1 atom stereocenters. The molecule has 3 rings (SSSR count). The Balaban J connectivity index is 1.72. The first kappa shape index (κ1) is 13.9. The third-order valence-electron chi connectivity index (χ3n) is 4.27. The highest BCUT2D eigenvalue weighted by Crippen LogP contribution is 2.38. The molecule has 0 spiro atoms. The van der Waals surface area contributed by atoms with Crippen LogP contribution in [-0.4, -0.2) is 37.1 Å². The second-order valence-electron chi connectivity index (χ2n) is 5.67. The van der Waals surface area contributed by atoms with Crippen molar-refractivity contribution < 1.29 is 19.3 Å². The van der Waals surface area contributed by atoms with E-state index in [1.807, 2.05) is 24.3 Å². The second-order valence-corrected chi connectivity index (χ2v) is 5.67. The molecule has 20 heavy (non-hydrogen) atoms. The molecule has 0 bridgehead atoms. The molecule has 1 saturated heterocycles. The number of benzene rings is 1. The van der Waals surface area contributed by atoms with Gasteiger partial charge in [0.15, 0.2) is 0 Å². The maximum Gasteiger partial charge on any atom is 0.119 e. The number of rotatable bonds is 5. The zero-order valence-electron chi connectivity index (χ0n) is 11.9. The van der Waals surface area contributed by atoms with Crippen LogP contribution in [0, 0.1) is 0 Å². The number of methoxy groups -OCH3 is 1. The van der Waals surface area contributed by atoms with E-state index in [0.717, 1.165) is 24.2 Å². The average molecular weight is 278 g/mol. The minimum Gasteiger partial charge on any atom is -0.490 e. The van der Waals surface area contributed by atoms with Crippen molar-refractivity contribution >= 4 is 0 Å². The Morgan fingerprint density at radius 3 is 2.40 bits per heavy atom. The summed E-state index contributed by atoms with van der Waals surface area (Å²) in [6.07, 6.45) is 3.49. The van der Waals surface area contributed by atoms with Crippen LogP contribution in [0.2, 0.25) is 0 Å². The van der Waals surface area contributed by atoms with Gasteiger partial charge in [-0.15, -0.1) is 0 Å². The molecule has 1 aromatic carbocycles. The van der Waals surface area contributed by atoms with Crippen LogP contribution in [0.3, 0.4) is 0 Å². The summed E-state index contributed by atoms with van der Waals surface area (Å²) < 4.78 is 16.7. The molecule has 1 aromatic rings. The van der Waals surface area contributed by atoms with Gasteiger partial charge >= 0.3 is 0 Å². The summed E-state index contributed by atoms with van der Waals surface area (Å²) in [5.41, 5.74) is 0.341. The minimum atomic E-state index is -0.633. The Morgan fingerprint density at radius 1 is 1.20 bits per heavy atom. The van der Waals surface area contributed by atoms with Crippen molar-refractivity contribution in [1.29, 1.82) is 0 Å². The van der Waals surface area contributed by atoms with E-state index in [1.54, 1.807) is 7.11 Å². The van der Waals surface area contributed by atoms with Crippen LogP contribution in [0.15, 0.2) is 24.3 Å². The predicted octanol–water partition coefficient (Wildman–Crippen LogP) is 2.46. The van der Waals surface area contributed by atoms with Gasteiger partial charge < -0.3 is 19.3 Å². The van der Waals surface area contributed by atoms with E-state index in [4.69, 9.17) is 14.2 Å². The van der Waals surface area contributed by atoms with E-state index in [2.05, 4.69) is 0 Å². The molecule has 0 amide bonds. The average Bonchev–Trinajstić information content (AvgIpc) is 3.32. The third kappa shape index (κ3) is 2.82. The van der Waals surface area contributed by atoms with Crippen LogP contribution in [0.25, 0.3) is 0 Å². The van der Waals surface area contributed by atoms with Gasteiger partial charge in [-0.05, 0) is 30.5 Å². The van der Waals surface area contributed by atoms with Crippen molar-refractivity contribution in [3.05, 3.63) is 29.8 Å². The molecule has 1 heterocycles. The molecule has 4 heteroatoms. The number of aliphatic hydroxyl groups is 1. The SMILES string of the molecule is COC1(C(O)c2ccc(OC3CC3)cc2)CCOCC1. The normalized spacial score (nSPS) is 23.3. The Morgan fingerprint density at radius 2 is 1.85 bits per heavy atom. The van der Waals surface area contributed by atoms with E-state index in [1.165, 1.54) is 0 Å². The topological polar surface area (TPSA) is 47.9 Å². The van der Waals surface area contributed by atoms with Crippen LogP contribution in [0.1, 0.15) is 37.4 Å². The van der Waals surface area contributed by atoms with Crippen molar-refractivity contribution in [2.75, 3.05) is 20.3 Å². The van der Waals surface area contributed by atoms with Gasteiger partial charge in [0, 0.05) is 33.2 Å². The van der Waals surface area contributed by atoms with Crippen LogP contribution in [0.5, 0.6) is 5.75 Å². The number of hydrogen-bond donors (Lipinski definition) is 1. The minimum absolute atomic E-state index is 0.395. The lowest BCUT2D eigenvalue weighted by Crippen LogP contribution is -2.43. The Labute approximate surface area is 119 Å². The van der Waals surface area contributed by atoms with Crippen molar-refractivity contribution in [2.24, 2.45) is 0 Å². The molecule has 1 aliphatic carbocycles. The standard InChI is InChI=1S/C16H22O4/c1-18-16(8-10-19-11-9-16)15(17)12-2-4-13(5-3-12)20-14-6-7-14/h2-5,14-15,17H,6-11H2,1H3. The molecule has 2 aliphatic rings. The van der Waals surface area contributed by atoms with Gasteiger partial charge in [-0.2, -0.15) is 0 Å². The van der Waals surface area contributed by atoms with Crippen LogP contribution in [0.4, 0.5) is 0 Å². The molecular formula is C16H22O4. The molecule has 1 aliphatic heterocycles. The van der Waals surface area contributed by atoms with E-state index in [-0.39, 0.29) is 0 Å². The van der Waals surface area contributed by atoms with Crippen molar-refractivity contribution in [2.45, 2.75) is 43.5 Å². The van der Waals surface area contributed by atoms with Crippen molar-refractivity contribution in [3.8, 4) is 5.75 Å². The fourth-order valence-corrected chi connectivity index (χ4v) is 2.72. The van der Waals surface area contributed by atoms with Gasteiger partial charge in [-0.3, -0.25) is 0 Å². The summed E-state index contributed by atoms with van der Waals surface area (Å²) in [7, 11) is 1.67. The van der Waals surface area contributed by atoms with E-state index < -0.39 is 11.7 Å². The maximum atomic E-state index is 10.7. The van der Waals surface area contributed by atoms with Gasteiger partial charge in [-0.1, -0.05) is 12.1 Å². The summed E-state index contributed by atoms with van der Waals surface area (Å²) in [6.45, 7) is 1.27. The molecule has 4 nitrogen and oxygen atoms in total. The number of ether oxygens (including phenoxy) is 3. The molecule has 0 aromatic heterocycles. The summed E-state index contributed by atoms with van der Waals surface area (Å²) in [6, 6.07) is 7.72. The molecule has 0 radical (unpaired) electrons. The number of aliphatic hydroxyl groups excluding tert-OH is 1. The second kappa shape index (κ2) is 5.72. The fourth-order valence-electron chi connectivity index (χ4n) is 2.72. The van der Waals surface area contributed by atoms with Crippen LogP contribution in [-0.2, 0) is 9.47 Å². The zero-order chi connectivity index (χ0) is 14.0. The largest absolute Gasteiger partial charge is 0.490 e. The zero-order valence-corrected chi connectivity index (χ0v) is 11.9. The highest BCUT2D eigenvalue weighted by molar-refractivity contribution is 5.30. The highest BCUT2D eigenvalue weighted by atomic mass is 16.5. The quantitative estimate of drug-likeness (QED) is 0.899. The summed E-state index contributed by atoms with van der Waals surface area (Å²) in [5, 5.41) is 10.7. The van der Waals surface area contributed by atoms with Crippen molar-refractivity contribution in [3.63, 3.8) is 0 Å². The lowest BCUT2D eigenvalue weighted by atomic mass is 9.84. The molecule has 1 unspecified atom stereocenters. The number of hydrogen-bond acceptors (Lipinski definition) is 4. The molecule has 1 saturated carbocycles. The summed E-state index contributed by atoms with van der Waals surface area (Å²) in [4.78, 5) is 0. The lowest BCUT2D eigenvalue weighted by molar-refractivity contribution is -0.154. The first-order chi connectivity index (χ1) is 9.73. The summed E-state index contributed by atoms with van der Waals surface area (Å²) in [5.74, 6) is 0.877. The van der Waals surface area contributed by atoms with Crippen LogP contribution >= 0.6 is 0 Å². The lowest BCUT2D eigenvalue weighted by Gasteiger charge is -2.39. The fraction of sp³-hybridized carbons (Fsp3) is 0.625. The third-order valence-corrected chi connectivity index (χ3v) is 4.27. The highest BCUT2D eigenvalue weighted by Gasteiger charge is 2.40. The predicted molar refractivity (Wildman–Crippen MR) is 74.8 cm³/mol. The maximum absolute atomic E-state index is 10.7. The van der Waals surface area contributed by atoms with Gasteiger partial charge in [0.25, 0.3) is 0 Å². The van der Waals surface area contributed by atoms with Gasteiger partial charge in [0.1, 0.15) is 17.5 Å². The van der Waals surface area contributed by atoms with Gasteiger partial charge in [0.2, 0.25) is 0 Å². The molecule has 2 fully saturated rings. The molecule has 110 valence electrons. The Bertz CT molecular complexity index is 432. The smallest absolute Gasteiger partial charge is 0.119 e. The molecular weight excluding hydrogens is 256 g/mol. The monoisotopic (exact) mass is 278 g/mol. The van der Waals surface area contributed by atoms with E-state index in [0.29, 0.717) is 32.2 Å². The van der Waals surface area contributed by atoms with E-state index in [9.17, 15) is 5.11 Å². The first-order valence-electron chi connectivity index (χ1n) is 7.31. The van der Waals surface area contributed by atoms with Gasteiger partial charge in [-0.25, -0.2) is 0 Å². The van der Waals surface area contributed by atoms with Crippen LogP contribution < -0.4 is 4.74 Å². The van der Waals surface area contributed by atoms with Crippen molar-refractivity contribution in [1.82, 2.24) is 0 Å². The Kier molecular flexibility index (Phi) is 3.96. The molecule has 1 N–H and O–H groups in total. The van der Waals surface area contributed by atoms with E-state index >= 15 is 0 Å².